The molecule has 0 radical (unpaired) electrons. The first-order valence-electron chi connectivity index (χ1n) is 7.46. The fourth-order valence-electron chi connectivity index (χ4n) is 1.98. The van der Waals surface area contributed by atoms with E-state index in [4.69, 9.17) is 9.47 Å². The molecule has 1 aromatic carbocycles. The number of amides is 2. The zero-order valence-electron chi connectivity index (χ0n) is 13.3. The van der Waals surface area contributed by atoms with Gasteiger partial charge in [0, 0.05) is 19.0 Å². The Morgan fingerprint density at radius 2 is 2.04 bits per heavy atom. The Kier molecular flexibility index (Phi) is 6.38. The molecule has 0 aliphatic rings. The van der Waals surface area contributed by atoms with Gasteiger partial charge in [0.15, 0.2) is 0 Å². The molecule has 122 valence electrons. The molecule has 0 aliphatic heterocycles. The number of urea groups is 1. The molecule has 1 aromatic heterocycles. The summed E-state index contributed by atoms with van der Waals surface area (Å²) in [7, 11) is 1.60. The van der Waals surface area contributed by atoms with Crippen molar-refractivity contribution in [3.05, 3.63) is 48.2 Å². The molecule has 2 aromatic rings. The number of carbonyl (C=O) groups excluding carboxylic acids is 1. The Hall–Kier alpha value is -2.60. The van der Waals surface area contributed by atoms with Crippen LogP contribution in [0.15, 0.2) is 42.6 Å². The molecule has 6 nitrogen and oxygen atoms in total. The number of rotatable bonds is 7. The standard InChI is InChI=1S/C17H21N3O3/c1-3-13-6-4-7-14(12-13)19-17(21)20-15-8-5-9-18-16(15)23-11-10-22-2/h4-9,12H,3,10-11H2,1-2H3,(H2,19,20,21). The van der Waals surface area contributed by atoms with Crippen molar-refractivity contribution in [1.29, 1.82) is 0 Å². The number of ether oxygens (including phenoxy) is 2. The molecular formula is C17H21N3O3. The highest BCUT2D eigenvalue weighted by Gasteiger charge is 2.09. The fourth-order valence-corrected chi connectivity index (χ4v) is 1.98. The first-order chi connectivity index (χ1) is 11.2. The third kappa shape index (κ3) is 5.27. The van der Waals surface area contributed by atoms with Crippen molar-refractivity contribution in [3.63, 3.8) is 0 Å². The summed E-state index contributed by atoms with van der Waals surface area (Å²) in [4.78, 5) is 16.3. The summed E-state index contributed by atoms with van der Waals surface area (Å²) in [6.07, 6.45) is 2.52. The zero-order valence-corrected chi connectivity index (χ0v) is 13.3. The lowest BCUT2D eigenvalue weighted by molar-refractivity contribution is 0.144. The quantitative estimate of drug-likeness (QED) is 0.769. The molecule has 0 aliphatic carbocycles. The highest BCUT2D eigenvalue weighted by molar-refractivity contribution is 6.00. The molecule has 0 unspecified atom stereocenters. The Morgan fingerprint density at radius 1 is 1.17 bits per heavy atom. The maximum atomic E-state index is 12.1. The molecule has 0 atom stereocenters. The Bertz CT molecular complexity index is 646. The van der Waals surface area contributed by atoms with Gasteiger partial charge < -0.3 is 20.1 Å². The molecule has 0 saturated carbocycles. The average Bonchev–Trinajstić information content (AvgIpc) is 2.56. The normalized spacial score (nSPS) is 10.2. The lowest BCUT2D eigenvalue weighted by atomic mass is 10.1. The molecule has 1 heterocycles. The van der Waals surface area contributed by atoms with Crippen LogP contribution < -0.4 is 15.4 Å². The SMILES string of the molecule is CCc1cccc(NC(=O)Nc2cccnc2OCCOC)c1. The van der Waals surface area contributed by atoms with Crippen molar-refractivity contribution >= 4 is 17.4 Å². The average molecular weight is 315 g/mol. The number of benzene rings is 1. The van der Waals surface area contributed by atoms with Gasteiger partial charge in [-0.25, -0.2) is 9.78 Å². The van der Waals surface area contributed by atoms with E-state index in [9.17, 15) is 4.79 Å². The van der Waals surface area contributed by atoms with E-state index in [-0.39, 0.29) is 6.03 Å². The second-order valence-electron chi connectivity index (χ2n) is 4.83. The lowest BCUT2D eigenvalue weighted by Gasteiger charge is -2.12. The van der Waals surface area contributed by atoms with Crippen LogP contribution in [0.4, 0.5) is 16.2 Å². The van der Waals surface area contributed by atoms with Crippen molar-refractivity contribution in [2.75, 3.05) is 31.0 Å². The van der Waals surface area contributed by atoms with Crippen molar-refractivity contribution < 1.29 is 14.3 Å². The first-order valence-corrected chi connectivity index (χ1v) is 7.46. The van der Waals surface area contributed by atoms with Gasteiger partial charge in [0.05, 0.1) is 6.61 Å². The van der Waals surface area contributed by atoms with Crippen LogP contribution in [-0.4, -0.2) is 31.3 Å². The number of pyridine rings is 1. The van der Waals surface area contributed by atoms with Crippen LogP contribution in [0.25, 0.3) is 0 Å². The molecule has 23 heavy (non-hydrogen) atoms. The topological polar surface area (TPSA) is 72.5 Å². The second-order valence-corrected chi connectivity index (χ2v) is 4.83. The first kappa shape index (κ1) is 16.8. The number of aryl methyl sites for hydroxylation is 1. The predicted molar refractivity (Wildman–Crippen MR) is 90.1 cm³/mol. The number of hydrogen-bond acceptors (Lipinski definition) is 4. The van der Waals surface area contributed by atoms with Gasteiger partial charge in [-0.05, 0) is 36.2 Å². The molecular weight excluding hydrogens is 294 g/mol. The number of methoxy groups -OCH3 is 1. The summed E-state index contributed by atoms with van der Waals surface area (Å²) < 4.78 is 10.4. The molecule has 2 amide bonds. The van der Waals surface area contributed by atoms with Crippen LogP contribution in [0.2, 0.25) is 0 Å². The van der Waals surface area contributed by atoms with Crippen molar-refractivity contribution in [2.45, 2.75) is 13.3 Å². The summed E-state index contributed by atoms with van der Waals surface area (Å²) in [6, 6.07) is 10.8. The van der Waals surface area contributed by atoms with Crippen LogP contribution in [-0.2, 0) is 11.2 Å². The molecule has 0 saturated heterocycles. The number of anilines is 2. The predicted octanol–water partition coefficient (Wildman–Crippen LogP) is 3.31. The molecule has 0 spiro atoms. The van der Waals surface area contributed by atoms with Crippen LogP contribution >= 0.6 is 0 Å². The van der Waals surface area contributed by atoms with E-state index in [1.807, 2.05) is 24.3 Å². The van der Waals surface area contributed by atoms with Gasteiger partial charge >= 0.3 is 6.03 Å². The lowest BCUT2D eigenvalue weighted by Crippen LogP contribution is -2.20. The van der Waals surface area contributed by atoms with Gasteiger partial charge in [-0.3, -0.25) is 0 Å². The van der Waals surface area contributed by atoms with E-state index in [1.54, 1.807) is 25.4 Å². The molecule has 2 N–H and O–H groups in total. The summed E-state index contributed by atoms with van der Waals surface area (Å²) in [6.45, 7) is 2.88. The summed E-state index contributed by atoms with van der Waals surface area (Å²) in [5.74, 6) is 0.363. The van der Waals surface area contributed by atoms with Crippen molar-refractivity contribution in [3.8, 4) is 5.88 Å². The number of aromatic nitrogens is 1. The number of hydrogen-bond donors (Lipinski definition) is 2. The monoisotopic (exact) mass is 315 g/mol. The van der Waals surface area contributed by atoms with E-state index in [2.05, 4.69) is 22.5 Å². The third-order valence-electron chi connectivity index (χ3n) is 3.14. The maximum absolute atomic E-state index is 12.1. The number of nitrogens with zero attached hydrogens (tertiary/aromatic N) is 1. The smallest absolute Gasteiger partial charge is 0.323 e. The van der Waals surface area contributed by atoms with E-state index in [1.165, 1.54) is 0 Å². The van der Waals surface area contributed by atoms with Gasteiger partial charge in [-0.1, -0.05) is 19.1 Å². The van der Waals surface area contributed by atoms with Crippen LogP contribution in [0, 0.1) is 0 Å². The third-order valence-corrected chi connectivity index (χ3v) is 3.14. The number of nitrogens with one attached hydrogen (secondary N) is 2. The highest BCUT2D eigenvalue weighted by atomic mass is 16.5. The Morgan fingerprint density at radius 3 is 2.83 bits per heavy atom. The van der Waals surface area contributed by atoms with E-state index < -0.39 is 0 Å². The largest absolute Gasteiger partial charge is 0.474 e. The highest BCUT2D eigenvalue weighted by Crippen LogP contribution is 2.21. The minimum Gasteiger partial charge on any atom is -0.474 e. The summed E-state index contributed by atoms with van der Waals surface area (Å²) >= 11 is 0. The minimum absolute atomic E-state index is 0.345. The fraction of sp³-hybridized carbons (Fsp3) is 0.294. The van der Waals surface area contributed by atoms with Crippen LogP contribution in [0.1, 0.15) is 12.5 Å². The summed E-state index contributed by atoms with van der Waals surface area (Å²) in [5, 5.41) is 5.55. The Balaban J connectivity index is 1.99. The van der Waals surface area contributed by atoms with Gasteiger partial charge in [0.1, 0.15) is 12.3 Å². The summed E-state index contributed by atoms with van der Waals surface area (Å²) in [5.41, 5.74) is 2.41. The van der Waals surface area contributed by atoms with Gasteiger partial charge in [-0.2, -0.15) is 0 Å². The zero-order chi connectivity index (χ0) is 16.5. The van der Waals surface area contributed by atoms with Gasteiger partial charge in [-0.15, -0.1) is 0 Å². The van der Waals surface area contributed by atoms with Crippen LogP contribution in [0.5, 0.6) is 5.88 Å². The van der Waals surface area contributed by atoms with Crippen molar-refractivity contribution in [1.82, 2.24) is 4.98 Å². The van der Waals surface area contributed by atoms with E-state index in [0.717, 1.165) is 17.7 Å². The van der Waals surface area contributed by atoms with E-state index >= 15 is 0 Å². The maximum Gasteiger partial charge on any atom is 0.323 e. The number of carbonyl (C=O) groups is 1. The van der Waals surface area contributed by atoms with Crippen molar-refractivity contribution in [2.24, 2.45) is 0 Å². The second kappa shape index (κ2) is 8.75. The molecule has 0 bridgehead atoms. The van der Waals surface area contributed by atoms with Gasteiger partial charge in [0.25, 0.3) is 0 Å². The molecule has 0 fully saturated rings. The molecule has 6 heteroatoms. The van der Waals surface area contributed by atoms with E-state index in [0.29, 0.717) is 24.8 Å². The van der Waals surface area contributed by atoms with Crippen LogP contribution in [0.3, 0.4) is 0 Å². The minimum atomic E-state index is -0.345. The Labute approximate surface area is 135 Å². The molecule has 2 rings (SSSR count). The van der Waals surface area contributed by atoms with Gasteiger partial charge in [0.2, 0.25) is 5.88 Å².